The average Bonchev–Trinajstić information content (AvgIpc) is 3.00. The second-order valence-electron chi connectivity index (χ2n) is 14.5. The van der Waals surface area contributed by atoms with Crippen LogP contribution in [0.5, 0.6) is 0 Å². The lowest BCUT2D eigenvalue weighted by molar-refractivity contribution is -0.193. The summed E-state index contributed by atoms with van der Waals surface area (Å²) in [6.45, 7) is 11.5. The Balaban J connectivity index is 1.80. The van der Waals surface area contributed by atoms with E-state index in [0.717, 1.165) is 5.57 Å². The van der Waals surface area contributed by atoms with Gasteiger partial charge in [-0.05, 0) is 83.0 Å². The SMILES string of the molecule is CC(C)(O)CCC(=O)C(C)(O)C1C(O)CC2(C)C3CC=C4C(CC(O)C(=O)C4(C)C)C3(CO)C(=O)CC12C. The summed E-state index contributed by atoms with van der Waals surface area (Å²) in [7, 11) is 0. The molecule has 214 valence electrons. The van der Waals surface area contributed by atoms with Crippen LogP contribution in [0, 0.1) is 39.4 Å². The molecule has 8 nitrogen and oxygen atoms in total. The number of hydrogen-bond donors (Lipinski definition) is 5. The quantitative estimate of drug-likeness (QED) is 0.325. The number of fused-ring (bicyclic) bond motifs is 5. The molecule has 9 unspecified atom stereocenters. The van der Waals surface area contributed by atoms with E-state index in [4.69, 9.17) is 0 Å². The molecule has 0 heterocycles. The molecule has 0 aromatic carbocycles. The van der Waals surface area contributed by atoms with Crippen molar-refractivity contribution in [2.75, 3.05) is 6.61 Å². The van der Waals surface area contributed by atoms with Gasteiger partial charge in [0.25, 0.3) is 0 Å². The maximum atomic E-state index is 14.3. The number of aliphatic hydroxyl groups excluding tert-OH is 3. The Hall–Kier alpha value is -1.45. The average molecular weight is 535 g/mol. The van der Waals surface area contributed by atoms with Crippen LogP contribution in [-0.2, 0) is 14.4 Å². The van der Waals surface area contributed by atoms with Crippen molar-refractivity contribution in [3.63, 3.8) is 0 Å². The molecular weight excluding hydrogens is 488 g/mol. The first kappa shape index (κ1) is 29.5. The molecule has 5 N–H and O–H groups in total. The van der Waals surface area contributed by atoms with Gasteiger partial charge in [-0.15, -0.1) is 0 Å². The van der Waals surface area contributed by atoms with E-state index < -0.39 is 75.2 Å². The van der Waals surface area contributed by atoms with Crippen molar-refractivity contribution in [1.82, 2.24) is 0 Å². The summed E-state index contributed by atoms with van der Waals surface area (Å²) in [6.07, 6.45) is 0.430. The summed E-state index contributed by atoms with van der Waals surface area (Å²) in [5, 5.41) is 54.9. The molecule has 0 amide bonds. The van der Waals surface area contributed by atoms with Crippen LogP contribution in [-0.4, -0.2) is 72.9 Å². The standard InChI is InChI=1S/C30H46O8/c1-25(2,37)11-10-21(34)29(7,38)23-19(33)13-27(5)20-9-8-16-17(12-18(32)24(36)26(16,3)4)30(20,15-31)22(35)14-28(23,27)6/h8,17-20,23,31-33,37-38H,9-15H2,1-7H3. The highest BCUT2D eigenvalue weighted by Gasteiger charge is 2.75. The number of carbonyl (C=O) groups excluding carboxylic acids is 3. The number of Topliss-reactive ketones (excluding diaryl/α,β-unsaturated/α-hetero) is 3. The number of rotatable bonds is 6. The van der Waals surface area contributed by atoms with Crippen molar-refractivity contribution in [3.8, 4) is 0 Å². The summed E-state index contributed by atoms with van der Waals surface area (Å²) in [6, 6.07) is 0. The van der Waals surface area contributed by atoms with Gasteiger partial charge in [0.1, 0.15) is 17.5 Å². The van der Waals surface area contributed by atoms with E-state index in [2.05, 4.69) is 0 Å². The smallest absolute Gasteiger partial charge is 0.170 e. The van der Waals surface area contributed by atoms with E-state index in [1.54, 1.807) is 27.7 Å². The van der Waals surface area contributed by atoms with Crippen molar-refractivity contribution >= 4 is 17.3 Å². The molecule has 38 heavy (non-hydrogen) atoms. The van der Waals surface area contributed by atoms with E-state index in [1.807, 2.05) is 19.9 Å². The van der Waals surface area contributed by atoms with Crippen molar-refractivity contribution in [3.05, 3.63) is 11.6 Å². The number of carbonyl (C=O) groups is 3. The van der Waals surface area contributed by atoms with Crippen LogP contribution < -0.4 is 0 Å². The Morgan fingerprint density at radius 1 is 1.05 bits per heavy atom. The molecular formula is C30H46O8. The molecule has 4 aliphatic rings. The second kappa shape index (κ2) is 8.77. The van der Waals surface area contributed by atoms with Crippen molar-refractivity contribution in [2.24, 2.45) is 39.4 Å². The zero-order valence-corrected chi connectivity index (χ0v) is 23.9. The highest BCUT2D eigenvalue weighted by molar-refractivity contribution is 5.95. The third-order valence-corrected chi connectivity index (χ3v) is 11.5. The first-order chi connectivity index (χ1) is 17.2. The number of aliphatic hydroxyl groups is 5. The zero-order chi connectivity index (χ0) is 28.9. The van der Waals surface area contributed by atoms with Gasteiger partial charge in [0.2, 0.25) is 0 Å². The maximum Gasteiger partial charge on any atom is 0.170 e. The van der Waals surface area contributed by atoms with Crippen molar-refractivity contribution in [2.45, 2.75) is 110 Å². The highest BCUT2D eigenvalue weighted by atomic mass is 16.3. The Morgan fingerprint density at radius 3 is 2.21 bits per heavy atom. The predicted octanol–water partition coefficient (Wildman–Crippen LogP) is 2.12. The van der Waals surface area contributed by atoms with Crippen LogP contribution in [0.4, 0.5) is 0 Å². The third-order valence-electron chi connectivity index (χ3n) is 11.5. The number of allylic oxidation sites excluding steroid dienone is 2. The molecule has 4 aliphatic carbocycles. The molecule has 0 aromatic heterocycles. The topological polar surface area (TPSA) is 152 Å². The fourth-order valence-electron chi connectivity index (χ4n) is 9.32. The van der Waals surface area contributed by atoms with Crippen molar-refractivity contribution < 1.29 is 39.9 Å². The van der Waals surface area contributed by atoms with Crippen LogP contribution in [0.3, 0.4) is 0 Å². The maximum absolute atomic E-state index is 14.3. The van der Waals surface area contributed by atoms with Crippen LogP contribution in [0.25, 0.3) is 0 Å². The largest absolute Gasteiger partial charge is 0.395 e. The van der Waals surface area contributed by atoms with Gasteiger partial charge in [0.15, 0.2) is 11.6 Å². The minimum absolute atomic E-state index is 0.0501. The summed E-state index contributed by atoms with van der Waals surface area (Å²) in [5.74, 6) is -2.84. The van der Waals surface area contributed by atoms with Gasteiger partial charge < -0.3 is 25.5 Å². The van der Waals surface area contributed by atoms with E-state index in [9.17, 15) is 39.9 Å². The number of hydrogen-bond acceptors (Lipinski definition) is 8. The normalized spacial score (nSPS) is 44.0. The molecule has 8 heteroatoms. The molecule has 0 spiro atoms. The number of ketones is 3. The van der Waals surface area contributed by atoms with Crippen LogP contribution in [0.15, 0.2) is 11.6 Å². The molecule has 3 saturated carbocycles. The molecule has 4 rings (SSSR count). The van der Waals surface area contributed by atoms with Crippen LogP contribution >= 0.6 is 0 Å². The van der Waals surface area contributed by atoms with Crippen LogP contribution in [0.1, 0.15) is 87.0 Å². The first-order valence-electron chi connectivity index (χ1n) is 13.9. The van der Waals surface area contributed by atoms with Gasteiger partial charge in [-0.25, -0.2) is 0 Å². The fraction of sp³-hybridized carbons (Fsp3) is 0.833. The van der Waals surface area contributed by atoms with E-state index >= 15 is 0 Å². The zero-order valence-electron chi connectivity index (χ0n) is 23.9. The van der Waals surface area contributed by atoms with Crippen molar-refractivity contribution in [1.29, 1.82) is 0 Å². The van der Waals surface area contributed by atoms with E-state index in [1.165, 1.54) is 6.92 Å². The highest BCUT2D eigenvalue weighted by Crippen LogP contribution is 2.74. The third kappa shape index (κ3) is 3.77. The first-order valence-corrected chi connectivity index (χ1v) is 13.9. The molecule has 0 radical (unpaired) electrons. The minimum Gasteiger partial charge on any atom is -0.395 e. The minimum atomic E-state index is -1.93. The Bertz CT molecular complexity index is 1070. The Kier molecular flexibility index (Phi) is 6.82. The fourth-order valence-corrected chi connectivity index (χ4v) is 9.32. The van der Waals surface area contributed by atoms with Gasteiger partial charge in [-0.1, -0.05) is 25.5 Å². The van der Waals surface area contributed by atoms with Gasteiger partial charge in [0.05, 0.1) is 23.7 Å². The molecule has 0 saturated heterocycles. The predicted molar refractivity (Wildman–Crippen MR) is 140 cm³/mol. The summed E-state index contributed by atoms with van der Waals surface area (Å²) < 4.78 is 0. The van der Waals surface area contributed by atoms with Gasteiger partial charge in [-0.3, -0.25) is 14.4 Å². The van der Waals surface area contributed by atoms with E-state index in [0.29, 0.717) is 6.42 Å². The lowest BCUT2D eigenvalue weighted by Crippen LogP contribution is -2.67. The summed E-state index contributed by atoms with van der Waals surface area (Å²) in [4.78, 5) is 40.5. The molecule has 0 aliphatic heterocycles. The van der Waals surface area contributed by atoms with Crippen LogP contribution in [0.2, 0.25) is 0 Å². The van der Waals surface area contributed by atoms with Gasteiger partial charge in [-0.2, -0.15) is 0 Å². The lowest BCUT2D eigenvalue weighted by atomic mass is 9.38. The van der Waals surface area contributed by atoms with Gasteiger partial charge >= 0.3 is 0 Å². The van der Waals surface area contributed by atoms with Gasteiger partial charge in [0, 0.05) is 24.2 Å². The molecule has 3 fully saturated rings. The monoisotopic (exact) mass is 534 g/mol. The molecule has 9 atom stereocenters. The Morgan fingerprint density at radius 2 is 1.66 bits per heavy atom. The second-order valence-corrected chi connectivity index (χ2v) is 14.5. The Labute approximate surface area is 225 Å². The lowest BCUT2D eigenvalue weighted by Gasteiger charge is -2.64. The summed E-state index contributed by atoms with van der Waals surface area (Å²) in [5.41, 5.74) is -6.12. The molecule has 0 bridgehead atoms. The van der Waals surface area contributed by atoms with E-state index in [-0.39, 0.29) is 43.7 Å². The summed E-state index contributed by atoms with van der Waals surface area (Å²) >= 11 is 0. The molecule has 0 aromatic rings.